The van der Waals surface area contributed by atoms with E-state index in [2.05, 4.69) is 21.3 Å². The third kappa shape index (κ3) is 8.68. The molecule has 1 aliphatic carbocycles. The second kappa shape index (κ2) is 14.8. The van der Waals surface area contributed by atoms with Crippen LogP contribution in [0.15, 0.2) is 48.5 Å². The molecule has 2 aromatic carbocycles. The van der Waals surface area contributed by atoms with Crippen LogP contribution in [0.5, 0.6) is 11.5 Å². The summed E-state index contributed by atoms with van der Waals surface area (Å²) in [6.07, 6.45) is 3.58. The predicted molar refractivity (Wildman–Crippen MR) is 158 cm³/mol. The van der Waals surface area contributed by atoms with Gasteiger partial charge in [-0.3, -0.25) is 19.2 Å². The van der Waals surface area contributed by atoms with Gasteiger partial charge in [0.1, 0.15) is 42.1 Å². The van der Waals surface area contributed by atoms with E-state index < -0.39 is 23.4 Å². The van der Waals surface area contributed by atoms with E-state index in [9.17, 15) is 23.6 Å². The maximum Gasteiger partial charge on any atom is 0.255 e. The Morgan fingerprint density at radius 3 is 2.49 bits per heavy atom. The molecular weight excluding hydrogens is 555 g/mol. The molecule has 2 aliphatic rings. The largest absolute Gasteiger partial charge is 0.492 e. The van der Waals surface area contributed by atoms with Gasteiger partial charge in [0.25, 0.3) is 5.91 Å². The molecule has 0 saturated heterocycles. The summed E-state index contributed by atoms with van der Waals surface area (Å²) in [6.45, 7) is 4.30. The third-order valence-corrected chi connectivity index (χ3v) is 7.96. The van der Waals surface area contributed by atoms with Crippen LogP contribution in [-0.4, -0.2) is 61.0 Å². The van der Waals surface area contributed by atoms with E-state index in [-0.39, 0.29) is 67.8 Å². The molecule has 10 nitrogen and oxygen atoms in total. The molecule has 2 aromatic rings. The SMILES string of the molecule is CC(C)[C@H]1COc2ccccc2C(=O)N[C@H](C(=O)NCCOc2ccc(F)cc2)CCC(=O)NC2(CCCCC2)C(=O)N1. The lowest BCUT2D eigenvalue weighted by Crippen LogP contribution is -2.62. The van der Waals surface area contributed by atoms with Gasteiger partial charge in [-0.15, -0.1) is 0 Å². The van der Waals surface area contributed by atoms with Crippen LogP contribution in [0.2, 0.25) is 0 Å². The molecule has 1 fully saturated rings. The zero-order valence-electron chi connectivity index (χ0n) is 24.7. The number of fused-ring (bicyclic) bond motifs is 1. The van der Waals surface area contributed by atoms with Crippen molar-refractivity contribution in [2.75, 3.05) is 19.8 Å². The number of para-hydroxylation sites is 1. The molecule has 4 amide bonds. The average Bonchev–Trinajstić information content (AvgIpc) is 3.00. The van der Waals surface area contributed by atoms with Crippen molar-refractivity contribution in [2.45, 2.75) is 76.4 Å². The lowest BCUT2D eigenvalue weighted by molar-refractivity contribution is -0.136. The normalized spacial score (nSPS) is 21.3. The monoisotopic (exact) mass is 596 g/mol. The number of hydrogen-bond donors (Lipinski definition) is 4. The van der Waals surface area contributed by atoms with Crippen LogP contribution >= 0.6 is 0 Å². The fraction of sp³-hybridized carbons (Fsp3) is 0.500. The van der Waals surface area contributed by atoms with Crippen molar-refractivity contribution in [1.82, 2.24) is 21.3 Å². The van der Waals surface area contributed by atoms with Gasteiger partial charge >= 0.3 is 0 Å². The Bertz CT molecular complexity index is 1280. The van der Waals surface area contributed by atoms with Crippen molar-refractivity contribution in [1.29, 1.82) is 0 Å². The van der Waals surface area contributed by atoms with E-state index in [0.29, 0.717) is 24.3 Å². The second-order valence-electron chi connectivity index (χ2n) is 11.5. The van der Waals surface area contributed by atoms with Crippen LogP contribution in [0.25, 0.3) is 0 Å². The first-order valence-corrected chi connectivity index (χ1v) is 15.0. The molecule has 2 atom stereocenters. The zero-order chi connectivity index (χ0) is 30.8. The highest BCUT2D eigenvalue weighted by atomic mass is 19.1. The van der Waals surface area contributed by atoms with Crippen LogP contribution in [0.3, 0.4) is 0 Å². The molecule has 1 heterocycles. The van der Waals surface area contributed by atoms with Gasteiger partial charge in [-0.05, 0) is 61.6 Å². The summed E-state index contributed by atoms with van der Waals surface area (Å²) in [4.78, 5) is 53.5. The molecular formula is C32H41FN4O6. The summed E-state index contributed by atoms with van der Waals surface area (Å²) in [5.41, 5.74) is -0.809. The van der Waals surface area contributed by atoms with Crippen LogP contribution in [-0.2, 0) is 14.4 Å². The van der Waals surface area contributed by atoms with Gasteiger partial charge in [-0.1, -0.05) is 45.2 Å². The Morgan fingerprint density at radius 1 is 1.05 bits per heavy atom. The fourth-order valence-electron chi connectivity index (χ4n) is 5.34. The summed E-state index contributed by atoms with van der Waals surface area (Å²) in [6, 6.07) is 10.8. The number of hydrogen-bond acceptors (Lipinski definition) is 6. The van der Waals surface area contributed by atoms with Gasteiger partial charge in [-0.25, -0.2) is 4.39 Å². The highest BCUT2D eigenvalue weighted by Crippen LogP contribution is 2.29. The Morgan fingerprint density at radius 2 is 1.77 bits per heavy atom. The van der Waals surface area contributed by atoms with Gasteiger partial charge < -0.3 is 30.7 Å². The minimum atomic E-state index is -1.04. The first kappa shape index (κ1) is 31.8. The van der Waals surface area contributed by atoms with Gasteiger partial charge in [0, 0.05) is 6.42 Å². The molecule has 43 heavy (non-hydrogen) atoms. The molecule has 0 aromatic heterocycles. The predicted octanol–water partition coefficient (Wildman–Crippen LogP) is 3.25. The van der Waals surface area contributed by atoms with E-state index in [1.807, 2.05) is 13.8 Å². The molecule has 1 spiro atoms. The summed E-state index contributed by atoms with van der Waals surface area (Å²) >= 11 is 0. The standard InChI is InChI=1S/C32H41FN4O6/c1-21(2)26-20-43-27-9-5-4-8-24(27)29(39)35-25(30(40)34-18-19-42-23-12-10-22(33)11-13-23)14-15-28(38)37-32(31(41)36-26)16-6-3-7-17-32/h4-5,8-13,21,25-26H,3,6-7,14-20H2,1-2H3,(H,34,40)(H,35,39)(H,36,41)(H,37,38)/t25-,26+/m0/s1. The number of carbonyl (C=O) groups excluding carboxylic acids is 4. The molecule has 0 unspecified atom stereocenters. The van der Waals surface area contributed by atoms with Crippen molar-refractivity contribution in [3.63, 3.8) is 0 Å². The van der Waals surface area contributed by atoms with Gasteiger partial charge in [0.05, 0.1) is 18.2 Å². The number of carbonyl (C=O) groups is 4. The Labute approximate surface area is 251 Å². The molecule has 1 aliphatic heterocycles. The van der Waals surface area contributed by atoms with E-state index >= 15 is 0 Å². The van der Waals surface area contributed by atoms with Gasteiger partial charge in [-0.2, -0.15) is 0 Å². The average molecular weight is 597 g/mol. The van der Waals surface area contributed by atoms with E-state index in [1.165, 1.54) is 24.3 Å². The maximum absolute atomic E-state index is 13.7. The number of ether oxygens (including phenoxy) is 2. The maximum atomic E-state index is 13.7. The van der Waals surface area contributed by atoms with Crippen molar-refractivity contribution >= 4 is 23.6 Å². The van der Waals surface area contributed by atoms with Crippen LogP contribution < -0.4 is 30.7 Å². The Balaban J connectivity index is 1.53. The number of benzene rings is 2. The van der Waals surface area contributed by atoms with Crippen LogP contribution in [0.4, 0.5) is 4.39 Å². The number of amides is 4. The highest BCUT2D eigenvalue weighted by molar-refractivity contribution is 6.00. The minimum absolute atomic E-state index is 0.0115. The highest BCUT2D eigenvalue weighted by Gasteiger charge is 2.42. The van der Waals surface area contributed by atoms with Crippen LogP contribution in [0, 0.1) is 11.7 Å². The number of halogens is 1. The van der Waals surface area contributed by atoms with Crippen molar-refractivity contribution < 1.29 is 33.0 Å². The van der Waals surface area contributed by atoms with Crippen LogP contribution in [0.1, 0.15) is 69.2 Å². The fourth-order valence-corrected chi connectivity index (χ4v) is 5.34. The smallest absolute Gasteiger partial charge is 0.255 e. The van der Waals surface area contributed by atoms with Crippen molar-refractivity contribution in [2.24, 2.45) is 5.92 Å². The summed E-state index contributed by atoms with van der Waals surface area (Å²) < 4.78 is 24.8. The third-order valence-electron chi connectivity index (χ3n) is 7.96. The minimum Gasteiger partial charge on any atom is -0.492 e. The molecule has 4 N–H and O–H groups in total. The lowest BCUT2D eigenvalue weighted by atomic mass is 9.80. The van der Waals surface area contributed by atoms with Gasteiger partial charge in [0.2, 0.25) is 17.7 Å². The number of rotatable bonds is 6. The number of nitrogens with one attached hydrogen (secondary N) is 4. The first-order chi connectivity index (χ1) is 20.7. The first-order valence-electron chi connectivity index (χ1n) is 15.0. The van der Waals surface area contributed by atoms with Crippen molar-refractivity contribution in [3.05, 3.63) is 59.9 Å². The molecule has 4 rings (SSSR count). The van der Waals surface area contributed by atoms with Crippen molar-refractivity contribution in [3.8, 4) is 11.5 Å². The quantitative estimate of drug-likeness (QED) is 0.378. The topological polar surface area (TPSA) is 135 Å². The Hall–Kier alpha value is -4.15. The van der Waals surface area contributed by atoms with E-state index in [4.69, 9.17) is 9.47 Å². The molecule has 0 bridgehead atoms. The van der Waals surface area contributed by atoms with Gasteiger partial charge in [0.15, 0.2) is 0 Å². The lowest BCUT2D eigenvalue weighted by Gasteiger charge is -2.38. The molecule has 1 saturated carbocycles. The molecule has 232 valence electrons. The van der Waals surface area contributed by atoms with E-state index in [0.717, 1.165) is 19.3 Å². The summed E-state index contributed by atoms with van der Waals surface area (Å²) in [5.74, 6) is -1.20. The summed E-state index contributed by atoms with van der Waals surface area (Å²) in [7, 11) is 0. The Kier molecular flexibility index (Phi) is 11.0. The summed E-state index contributed by atoms with van der Waals surface area (Å²) in [5, 5.41) is 11.6. The van der Waals surface area contributed by atoms with E-state index in [1.54, 1.807) is 24.3 Å². The zero-order valence-corrected chi connectivity index (χ0v) is 24.7. The molecule has 11 heteroatoms. The second-order valence-corrected chi connectivity index (χ2v) is 11.5. The molecule has 0 radical (unpaired) electrons.